The van der Waals surface area contributed by atoms with Gasteiger partial charge in [-0.25, -0.2) is 28.6 Å². The largest absolute Gasteiger partial charge is 0.481 e. The highest BCUT2D eigenvalue weighted by molar-refractivity contribution is 8.14. The molecule has 0 saturated carbocycles. The number of aliphatic hydroxyl groups is 2. The molecule has 3 heterocycles. The Hall–Kier alpha value is -3.49. The molecule has 62 heavy (non-hydrogen) atoms. The molecule has 30 heteroatoms. The molecule has 3 rings (SSSR count). The van der Waals surface area contributed by atoms with Gasteiger partial charge in [0.1, 0.15) is 36.3 Å². The first-order valence-electron chi connectivity index (χ1n) is 18.3. The van der Waals surface area contributed by atoms with E-state index in [1.54, 1.807) is 0 Å². The number of nitrogens with zero attached hydrogens (tertiary/aromatic N) is 4. The lowest BCUT2D eigenvalue weighted by atomic mass is 9.87. The van der Waals surface area contributed by atoms with Crippen molar-refractivity contribution in [2.45, 2.75) is 84.0 Å². The van der Waals surface area contributed by atoms with Crippen molar-refractivity contribution in [3.63, 3.8) is 0 Å². The van der Waals surface area contributed by atoms with Crippen LogP contribution in [0.5, 0.6) is 0 Å². The summed E-state index contributed by atoms with van der Waals surface area (Å²) in [5.74, 6) is -2.47. The third kappa shape index (κ3) is 17.2. The number of aliphatic carboxylic acids is 1. The molecule has 0 spiro atoms. The highest BCUT2D eigenvalue weighted by Crippen LogP contribution is 2.61. The topological polar surface area (TPSA) is 401 Å². The SMILES string of the molecule is CC(C)=CCC/C(=C\C(=O)SCCNC(=O)CCNC(=O)[C@@H](O)C(C)(C)COP(=O)(O)OP(=O)(O)OC[C@H]1O[C@@H](n2cnc3c(N)ncnc32)[C@H](O)[C@@H]1OP(=O)(O)O)CC(=O)O. The van der Waals surface area contributed by atoms with Gasteiger partial charge in [0.05, 0.1) is 26.0 Å². The van der Waals surface area contributed by atoms with Gasteiger partial charge in [0.2, 0.25) is 16.9 Å². The second kappa shape index (κ2) is 22.9. The first-order chi connectivity index (χ1) is 28.7. The Morgan fingerprint density at radius 2 is 1.71 bits per heavy atom. The Morgan fingerprint density at radius 1 is 1.03 bits per heavy atom. The number of anilines is 1. The molecule has 2 aromatic rings. The van der Waals surface area contributed by atoms with Gasteiger partial charge in [-0.05, 0) is 32.8 Å². The molecule has 0 bridgehead atoms. The van der Waals surface area contributed by atoms with E-state index < -0.39 is 90.5 Å². The maximum absolute atomic E-state index is 12.7. The van der Waals surface area contributed by atoms with Crippen LogP contribution in [0.15, 0.2) is 36.0 Å². The van der Waals surface area contributed by atoms with Gasteiger partial charge < -0.3 is 56.0 Å². The third-order valence-electron chi connectivity index (χ3n) is 8.46. The Balaban J connectivity index is 1.45. The first-order valence-corrected chi connectivity index (χ1v) is 23.8. The van der Waals surface area contributed by atoms with Crippen LogP contribution in [0, 0.1) is 5.41 Å². The van der Waals surface area contributed by atoms with E-state index in [2.05, 4.69) is 34.4 Å². The zero-order valence-corrected chi connectivity index (χ0v) is 37.2. The number of carboxylic acid groups (broad SMARTS) is 1. The third-order valence-corrected chi connectivity index (χ3v) is 12.4. The number of rotatable bonds is 25. The molecule has 2 amide bonds. The van der Waals surface area contributed by atoms with Crippen LogP contribution < -0.4 is 16.4 Å². The Morgan fingerprint density at radius 3 is 2.35 bits per heavy atom. The number of ether oxygens (including phenoxy) is 1. The second-order valence-corrected chi connectivity index (χ2v) is 19.8. The van der Waals surface area contributed by atoms with Crippen molar-refractivity contribution in [1.82, 2.24) is 30.2 Å². The number of thioether (sulfide) groups is 1. The summed E-state index contributed by atoms with van der Waals surface area (Å²) in [5.41, 5.74) is 5.73. The summed E-state index contributed by atoms with van der Waals surface area (Å²) in [5, 5.41) is 35.1. The van der Waals surface area contributed by atoms with Crippen molar-refractivity contribution in [3.8, 4) is 0 Å². The maximum atomic E-state index is 12.7. The molecule has 2 unspecified atom stereocenters. The summed E-state index contributed by atoms with van der Waals surface area (Å²) in [7, 11) is -16.5. The number of nitrogens with one attached hydrogen (secondary N) is 2. The van der Waals surface area contributed by atoms with Crippen molar-refractivity contribution < 1.29 is 90.4 Å². The Bertz CT molecular complexity index is 2130. The fourth-order valence-electron chi connectivity index (χ4n) is 5.44. The van der Waals surface area contributed by atoms with Crippen molar-refractivity contribution >= 4 is 75.1 Å². The van der Waals surface area contributed by atoms with Crippen LogP contribution in [-0.2, 0) is 55.5 Å². The van der Waals surface area contributed by atoms with Crippen LogP contribution in [0.1, 0.15) is 59.6 Å². The minimum atomic E-state index is -5.60. The fraction of sp³-hybridized carbons (Fsp3) is 0.594. The molecule has 1 fully saturated rings. The highest BCUT2D eigenvalue weighted by Gasteiger charge is 2.50. The van der Waals surface area contributed by atoms with Gasteiger partial charge in [-0.1, -0.05) is 42.8 Å². The van der Waals surface area contributed by atoms with Gasteiger partial charge in [0, 0.05) is 30.7 Å². The number of aromatic nitrogens is 4. The van der Waals surface area contributed by atoms with Gasteiger partial charge in [-0.2, -0.15) is 4.31 Å². The molecule has 7 atom stereocenters. The molecular weight excluding hydrogens is 911 g/mol. The van der Waals surface area contributed by atoms with Gasteiger partial charge in [0.25, 0.3) is 0 Å². The number of carbonyl (C=O) groups excluding carboxylic acids is 3. The normalized spacial score (nSPS) is 20.8. The van der Waals surface area contributed by atoms with Crippen LogP contribution >= 0.6 is 35.2 Å². The minimum Gasteiger partial charge on any atom is -0.481 e. The lowest BCUT2D eigenvalue weighted by molar-refractivity contribution is -0.137. The van der Waals surface area contributed by atoms with E-state index in [-0.39, 0.29) is 53.8 Å². The Kier molecular flexibility index (Phi) is 19.5. The van der Waals surface area contributed by atoms with E-state index in [1.165, 1.54) is 19.9 Å². The van der Waals surface area contributed by atoms with E-state index in [1.807, 2.05) is 19.9 Å². The number of nitrogen functional groups attached to an aromatic ring is 1. The zero-order valence-electron chi connectivity index (χ0n) is 33.7. The predicted octanol–water partition coefficient (Wildman–Crippen LogP) is 0.812. The number of carboxylic acids is 1. The molecule has 11 N–H and O–H groups in total. The van der Waals surface area contributed by atoms with Gasteiger partial charge in [0.15, 0.2) is 17.7 Å². The van der Waals surface area contributed by atoms with E-state index in [4.69, 9.17) is 24.6 Å². The number of aliphatic hydroxyl groups excluding tert-OH is 2. The molecule has 2 aromatic heterocycles. The number of phosphoric ester groups is 3. The average Bonchev–Trinajstić information content (AvgIpc) is 3.71. The minimum absolute atomic E-state index is 0.0191. The number of hydrogen-bond acceptors (Lipinski definition) is 19. The first kappa shape index (κ1) is 52.9. The fourth-order valence-corrected chi connectivity index (χ4v) is 8.93. The zero-order chi connectivity index (χ0) is 46.6. The number of phosphoric acid groups is 3. The van der Waals surface area contributed by atoms with E-state index >= 15 is 0 Å². The van der Waals surface area contributed by atoms with E-state index in [9.17, 15) is 62.7 Å². The molecule has 1 saturated heterocycles. The molecule has 0 radical (unpaired) electrons. The molecule has 1 aliphatic heterocycles. The predicted molar refractivity (Wildman–Crippen MR) is 216 cm³/mol. The van der Waals surface area contributed by atoms with Crippen LogP contribution in [-0.4, -0.2) is 134 Å². The standard InChI is InChI=1S/C32H50N7O19P3S/c1-18(2)6-5-7-19(12-22(41)42)13-23(43)62-11-10-34-21(40)8-9-35-30(46)27(45)32(3,4)15-55-61(52,53)58-60(50,51)54-14-20-26(57-59(47,48)49)25(44)31(56-20)39-17-38-24-28(33)36-16-37-29(24)39/h6,13,16-17,20,25-27,31,44-45H,5,7-12,14-15H2,1-4H3,(H,34,40)(H,35,46)(H,41,42)(H,50,51)(H,52,53)(H2,33,36,37)(H2,47,48,49)/b19-13+/t20-,25-,26-,27-,31-/m1/s1. The van der Waals surface area contributed by atoms with Gasteiger partial charge >= 0.3 is 29.4 Å². The van der Waals surface area contributed by atoms with Crippen LogP contribution in [0.2, 0.25) is 0 Å². The van der Waals surface area contributed by atoms with Crippen molar-refractivity contribution in [3.05, 3.63) is 36.0 Å². The number of nitrogens with two attached hydrogens (primary N) is 1. The van der Waals surface area contributed by atoms with Crippen LogP contribution in [0.3, 0.4) is 0 Å². The summed E-state index contributed by atoms with van der Waals surface area (Å²) < 4.78 is 62.2. The second-order valence-electron chi connectivity index (χ2n) is 14.4. The molecule has 26 nitrogen and oxygen atoms in total. The van der Waals surface area contributed by atoms with E-state index in [0.29, 0.717) is 18.4 Å². The lowest BCUT2D eigenvalue weighted by Crippen LogP contribution is -2.46. The number of allylic oxidation sites excluding steroid dienone is 2. The molecule has 348 valence electrons. The smallest absolute Gasteiger partial charge is 0.481 e. The van der Waals surface area contributed by atoms with Gasteiger partial charge in [-0.15, -0.1) is 0 Å². The Labute approximate surface area is 358 Å². The van der Waals surface area contributed by atoms with Crippen molar-refractivity contribution in [2.75, 3.05) is 37.8 Å². The summed E-state index contributed by atoms with van der Waals surface area (Å²) in [4.78, 5) is 99.4. The molecular formula is C32H50N7O19P3S. The number of imidazole rings is 1. The summed E-state index contributed by atoms with van der Waals surface area (Å²) >= 11 is 0.881. The van der Waals surface area contributed by atoms with Gasteiger partial charge in [-0.3, -0.25) is 37.3 Å². The molecule has 0 aliphatic carbocycles. The lowest BCUT2D eigenvalue weighted by Gasteiger charge is -2.30. The number of carbonyl (C=O) groups is 4. The van der Waals surface area contributed by atoms with E-state index in [0.717, 1.165) is 34.6 Å². The number of amides is 2. The monoisotopic (exact) mass is 961 g/mol. The van der Waals surface area contributed by atoms with Crippen LogP contribution in [0.25, 0.3) is 11.2 Å². The quantitative estimate of drug-likeness (QED) is 0.0285. The summed E-state index contributed by atoms with van der Waals surface area (Å²) in [6, 6.07) is 0. The molecule has 1 aliphatic rings. The maximum Gasteiger partial charge on any atom is 0.481 e. The summed E-state index contributed by atoms with van der Waals surface area (Å²) in [6.45, 7) is 4.01. The van der Waals surface area contributed by atoms with Crippen molar-refractivity contribution in [1.29, 1.82) is 0 Å². The van der Waals surface area contributed by atoms with Crippen molar-refractivity contribution in [2.24, 2.45) is 5.41 Å². The summed E-state index contributed by atoms with van der Waals surface area (Å²) in [6.07, 6.45) is -3.18. The molecule has 0 aromatic carbocycles. The average molecular weight is 962 g/mol. The number of hydrogen-bond donors (Lipinski definition) is 10. The highest BCUT2D eigenvalue weighted by atomic mass is 32.2. The van der Waals surface area contributed by atoms with Crippen LogP contribution in [0.4, 0.5) is 5.82 Å². The number of fused-ring (bicyclic) bond motifs is 1.